The minimum atomic E-state index is -0.339. The number of rotatable bonds is 5. The van der Waals surface area contributed by atoms with Crippen LogP contribution in [-0.4, -0.2) is 48.3 Å². The molecule has 1 heterocycles. The summed E-state index contributed by atoms with van der Waals surface area (Å²) >= 11 is 0. The molecule has 94 valence electrons. The predicted octanol–water partition coefficient (Wildman–Crippen LogP) is 1.03. The van der Waals surface area contributed by atoms with Crippen molar-refractivity contribution in [3.05, 3.63) is 0 Å². The van der Waals surface area contributed by atoms with E-state index in [2.05, 4.69) is 13.8 Å². The van der Waals surface area contributed by atoms with Gasteiger partial charge in [-0.05, 0) is 18.8 Å². The van der Waals surface area contributed by atoms with Gasteiger partial charge in [-0.3, -0.25) is 4.79 Å². The maximum Gasteiger partial charge on any atom is 0.224 e. The van der Waals surface area contributed by atoms with Gasteiger partial charge in [-0.1, -0.05) is 13.8 Å². The van der Waals surface area contributed by atoms with E-state index in [1.807, 2.05) is 0 Å². The second kappa shape index (κ2) is 6.86. The summed E-state index contributed by atoms with van der Waals surface area (Å²) in [5, 5.41) is 9.45. The molecule has 0 bridgehead atoms. The lowest BCUT2D eigenvalue weighted by Gasteiger charge is -2.30. The van der Waals surface area contributed by atoms with Crippen molar-refractivity contribution in [3.8, 4) is 0 Å². The van der Waals surface area contributed by atoms with Crippen molar-refractivity contribution in [1.29, 1.82) is 0 Å². The van der Waals surface area contributed by atoms with E-state index in [1.54, 1.807) is 4.90 Å². The number of aliphatic hydroxyl groups excluding tert-OH is 1. The Morgan fingerprint density at radius 2 is 2.31 bits per heavy atom. The Labute approximate surface area is 97.6 Å². The molecule has 0 aliphatic carbocycles. The van der Waals surface area contributed by atoms with Gasteiger partial charge in [-0.25, -0.2) is 0 Å². The van der Waals surface area contributed by atoms with Crippen molar-refractivity contribution >= 4 is 5.91 Å². The van der Waals surface area contributed by atoms with E-state index >= 15 is 0 Å². The van der Waals surface area contributed by atoms with Gasteiger partial charge >= 0.3 is 0 Å². The minimum Gasteiger partial charge on any atom is -0.391 e. The van der Waals surface area contributed by atoms with Gasteiger partial charge in [0.15, 0.2) is 0 Å². The van der Waals surface area contributed by atoms with Crippen molar-refractivity contribution in [3.63, 3.8) is 0 Å². The molecule has 4 nitrogen and oxygen atoms in total. The van der Waals surface area contributed by atoms with E-state index in [4.69, 9.17) is 4.74 Å². The van der Waals surface area contributed by atoms with Crippen LogP contribution in [0.15, 0.2) is 0 Å². The third kappa shape index (κ3) is 4.94. The third-order valence-corrected chi connectivity index (χ3v) is 2.66. The lowest BCUT2D eigenvalue weighted by molar-refractivity contribution is -0.135. The number of β-amino-alcohol motifs (C(OH)–C–C–N with tert-alkyl or cyclic N) is 1. The predicted molar refractivity (Wildman–Crippen MR) is 62.1 cm³/mol. The van der Waals surface area contributed by atoms with Crippen LogP contribution in [0.4, 0.5) is 0 Å². The van der Waals surface area contributed by atoms with Gasteiger partial charge in [0.2, 0.25) is 5.91 Å². The van der Waals surface area contributed by atoms with Gasteiger partial charge in [0.1, 0.15) is 0 Å². The summed E-state index contributed by atoms with van der Waals surface area (Å²) in [5.74, 6) is 0.606. The molecule has 0 aromatic carbocycles. The van der Waals surface area contributed by atoms with Gasteiger partial charge in [-0.2, -0.15) is 0 Å². The number of aliphatic hydroxyl groups is 1. The number of nitrogens with zero attached hydrogens (tertiary/aromatic N) is 1. The molecule has 1 unspecified atom stereocenters. The zero-order chi connectivity index (χ0) is 12.0. The Bertz CT molecular complexity index is 218. The number of hydrogen-bond donors (Lipinski definition) is 1. The van der Waals surface area contributed by atoms with Crippen LogP contribution < -0.4 is 0 Å². The van der Waals surface area contributed by atoms with Crippen molar-refractivity contribution < 1.29 is 14.6 Å². The Hall–Kier alpha value is -0.610. The number of carbonyl (C=O) groups excluding carboxylic acids is 1. The van der Waals surface area contributed by atoms with E-state index in [0.717, 1.165) is 19.4 Å². The SMILES string of the molecule is CC(C)COCCC(=O)N1CCCC(O)C1. The summed E-state index contributed by atoms with van der Waals surface area (Å²) in [6.45, 7) is 6.63. The summed E-state index contributed by atoms with van der Waals surface area (Å²) in [7, 11) is 0. The molecule has 0 spiro atoms. The fraction of sp³-hybridized carbons (Fsp3) is 0.917. The fourth-order valence-corrected chi connectivity index (χ4v) is 1.82. The summed E-state index contributed by atoms with van der Waals surface area (Å²) in [4.78, 5) is 13.5. The molecule has 1 atom stereocenters. The maximum absolute atomic E-state index is 11.7. The smallest absolute Gasteiger partial charge is 0.224 e. The summed E-state index contributed by atoms with van der Waals surface area (Å²) in [6.07, 6.45) is 1.81. The molecule has 1 aliphatic rings. The summed E-state index contributed by atoms with van der Waals surface area (Å²) < 4.78 is 5.37. The van der Waals surface area contributed by atoms with Gasteiger partial charge in [0, 0.05) is 19.7 Å². The van der Waals surface area contributed by atoms with Crippen LogP contribution in [0, 0.1) is 5.92 Å². The van der Waals surface area contributed by atoms with Gasteiger partial charge < -0.3 is 14.7 Å². The maximum atomic E-state index is 11.7. The minimum absolute atomic E-state index is 0.0995. The van der Waals surface area contributed by atoms with Crippen molar-refractivity contribution in [2.24, 2.45) is 5.92 Å². The zero-order valence-electron chi connectivity index (χ0n) is 10.3. The largest absolute Gasteiger partial charge is 0.391 e. The van der Waals surface area contributed by atoms with Crippen molar-refractivity contribution in [1.82, 2.24) is 4.90 Å². The Morgan fingerprint density at radius 3 is 2.94 bits per heavy atom. The van der Waals surface area contributed by atoms with Crippen LogP contribution >= 0.6 is 0 Å². The highest BCUT2D eigenvalue weighted by Gasteiger charge is 2.21. The van der Waals surface area contributed by atoms with Crippen LogP contribution in [0.5, 0.6) is 0 Å². The highest BCUT2D eigenvalue weighted by molar-refractivity contribution is 5.76. The average molecular weight is 229 g/mol. The molecule has 0 saturated carbocycles. The highest BCUT2D eigenvalue weighted by atomic mass is 16.5. The van der Waals surface area contributed by atoms with Crippen LogP contribution in [0.3, 0.4) is 0 Å². The van der Waals surface area contributed by atoms with Crippen LogP contribution in [-0.2, 0) is 9.53 Å². The Balaban J connectivity index is 2.14. The molecule has 1 saturated heterocycles. The normalized spacial score (nSPS) is 21.5. The molecule has 4 heteroatoms. The van der Waals surface area contributed by atoms with Crippen LogP contribution in [0.25, 0.3) is 0 Å². The van der Waals surface area contributed by atoms with Gasteiger partial charge in [0.05, 0.1) is 19.1 Å². The first-order valence-corrected chi connectivity index (χ1v) is 6.13. The molecule has 1 amide bonds. The molecule has 1 N–H and O–H groups in total. The third-order valence-electron chi connectivity index (χ3n) is 2.66. The van der Waals surface area contributed by atoms with Crippen molar-refractivity contribution in [2.75, 3.05) is 26.3 Å². The zero-order valence-corrected chi connectivity index (χ0v) is 10.3. The first kappa shape index (κ1) is 13.5. The Morgan fingerprint density at radius 1 is 1.56 bits per heavy atom. The van der Waals surface area contributed by atoms with Crippen LogP contribution in [0.1, 0.15) is 33.1 Å². The summed E-state index contributed by atoms with van der Waals surface area (Å²) in [6, 6.07) is 0. The van der Waals surface area contributed by atoms with Crippen molar-refractivity contribution in [2.45, 2.75) is 39.2 Å². The first-order valence-electron chi connectivity index (χ1n) is 6.13. The van der Waals surface area contributed by atoms with Crippen LogP contribution in [0.2, 0.25) is 0 Å². The molecular formula is C12H23NO3. The molecule has 0 aromatic heterocycles. The molecule has 1 rings (SSSR count). The molecule has 0 radical (unpaired) electrons. The lowest BCUT2D eigenvalue weighted by atomic mass is 10.1. The number of ether oxygens (including phenoxy) is 1. The molecule has 0 aromatic rings. The second-order valence-electron chi connectivity index (χ2n) is 4.85. The van der Waals surface area contributed by atoms with E-state index < -0.39 is 0 Å². The summed E-state index contributed by atoms with van der Waals surface area (Å²) in [5.41, 5.74) is 0. The Kier molecular flexibility index (Phi) is 5.77. The highest BCUT2D eigenvalue weighted by Crippen LogP contribution is 2.10. The fourth-order valence-electron chi connectivity index (χ4n) is 1.82. The van der Waals surface area contributed by atoms with E-state index in [9.17, 15) is 9.90 Å². The number of hydrogen-bond acceptors (Lipinski definition) is 3. The lowest BCUT2D eigenvalue weighted by Crippen LogP contribution is -2.42. The number of likely N-dealkylation sites (tertiary alicyclic amines) is 1. The average Bonchev–Trinajstić information content (AvgIpc) is 2.24. The molecule has 16 heavy (non-hydrogen) atoms. The number of carbonyl (C=O) groups is 1. The monoisotopic (exact) mass is 229 g/mol. The van der Waals surface area contributed by atoms with Gasteiger partial charge in [0.25, 0.3) is 0 Å². The molecule has 1 aliphatic heterocycles. The number of amides is 1. The topological polar surface area (TPSA) is 49.8 Å². The quantitative estimate of drug-likeness (QED) is 0.716. The standard InChI is InChI=1S/C12H23NO3/c1-10(2)9-16-7-5-12(15)13-6-3-4-11(14)8-13/h10-11,14H,3-9H2,1-2H3. The van der Waals surface area contributed by atoms with E-state index in [1.165, 1.54) is 0 Å². The first-order chi connectivity index (χ1) is 7.59. The van der Waals surface area contributed by atoms with E-state index in [-0.39, 0.29) is 12.0 Å². The number of piperidine rings is 1. The molecular weight excluding hydrogens is 206 g/mol. The van der Waals surface area contributed by atoms with E-state index in [0.29, 0.717) is 32.1 Å². The van der Waals surface area contributed by atoms with Gasteiger partial charge in [-0.15, -0.1) is 0 Å². The second-order valence-corrected chi connectivity index (χ2v) is 4.85. The molecule has 1 fully saturated rings.